The number of rotatable bonds is 7. The van der Waals surface area contributed by atoms with Gasteiger partial charge in [0.25, 0.3) is 5.91 Å². The van der Waals surface area contributed by atoms with Crippen LogP contribution in [0.3, 0.4) is 0 Å². The van der Waals surface area contributed by atoms with Crippen molar-refractivity contribution < 1.29 is 14.3 Å². The molecule has 0 spiro atoms. The summed E-state index contributed by atoms with van der Waals surface area (Å²) in [5.74, 6) is 1.04. The Bertz CT molecular complexity index is 935. The Kier molecular flexibility index (Phi) is 7.91. The van der Waals surface area contributed by atoms with Gasteiger partial charge < -0.3 is 14.2 Å². The van der Waals surface area contributed by atoms with E-state index in [1.807, 2.05) is 9.47 Å². The molecule has 2 aromatic rings. The molecule has 1 aromatic heterocycles. The highest BCUT2D eigenvalue weighted by Crippen LogP contribution is 2.19. The number of methoxy groups -OCH3 is 1. The molecular weight excluding hydrogens is 406 g/mol. The van der Waals surface area contributed by atoms with Gasteiger partial charge in [0.05, 0.1) is 28.3 Å². The minimum Gasteiger partial charge on any atom is -0.383 e. The molecule has 1 unspecified atom stereocenters. The van der Waals surface area contributed by atoms with E-state index < -0.39 is 0 Å². The van der Waals surface area contributed by atoms with Crippen LogP contribution in [-0.4, -0.2) is 59.6 Å². The third kappa shape index (κ3) is 5.93. The van der Waals surface area contributed by atoms with Crippen LogP contribution in [0.15, 0.2) is 23.2 Å². The average molecular weight is 436 g/mol. The van der Waals surface area contributed by atoms with E-state index in [0.717, 1.165) is 29.7 Å². The molecule has 1 aliphatic rings. The fourth-order valence-electron chi connectivity index (χ4n) is 3.54. The normalized spacial score (nSPS) is 17.8. The van der Waals surface area contributed by atoms with Crippen LogP contribution in [0.1, 0.15) is 25.3 Å². The van der Waals surface area contributed by atoms with Gasteiger partial charge >= 0.3 is 0 Å². The van der Waals surface area contributed by atoms with Crippen LogP contribution < -0.4 is 4.80 Å². The number of aryl methyl sites for hydroxylation is 1. The smallest absolute Gasteiger partial charge is 0.258 e. The van der Waals surface area contributed by atoms with Gasteiger partial charge in [-0.2, -0.15) is 4.99 Å². The molecule has 8 heteroatoms. The minimum atomic E-state index is -0.204. The molecule has 0 radical (unpaired) electrons. The number of carbonyl (C=O) groups excluding carboxylic acids is 2. The van der Waals surface area contributed by atoms with E-state index in [1.165, 1.54) is 35.1 Å². The highest BCUT2D eigenvalue weighted by atomic mass is 32.2. The maximum atomic E-state index is 12.4. The fraction of sp³-hybridized carbons (Fsp3) is 0.571. The van der Waals surface area contributed by atoms with Gasteiger partial charge in [-0.15, -0.1) is 11.8 Å². The van der Waals surface area contributed by atoms with E-state index in [-0.39, 0.29) is 17.6 Å². The molecule has 0 N–H and O–H groups in total. The van der Waals surface area contributed by atoms with E-state index in [4.69, 9.17) is 4.74 Å². The molecule has 2 heterocycles. The van der Waals surface area contributed by atoms with Crippen LogP contribution in [0, 0.1) is 12.8 Å². The Hall–Kier alpha value is -1.64. The lowest BCUT2D eigenvalue weighted by molar-refractivity contribution is -0.130. The number of fused-ring (bicyclic) bond motifs is 1. The molecule has 0 aliphatic carbocycles. The minimum absolute atomic E-state index is 0.127. The number of hydrogen-bond acceptors (Lipinski definition) is 5. The summed E-state index contributed by atoms with van der Waals surface area (Å²) in [6.07, 6.45) is 2.25. The number of benzene rings is 1. The lowest BCUT2D eigenvalue weighted by Crippen LogP contribution is -2.40. The van der Waals surface area contributed by atoms with Crippen molar-refractivity contribution in [2.75, 3.05) is 38.3 Å². The first-order chi connectivity index (χ1) is 14.0. The van der Waals surface area contributed by atoms with Crippen molar-refractivity contribution in [1.82, 2.24) is 9.47 Å². The second-order valence-corrected chi connectivity index (χ2v) is 9.58. The van der Waals surface area contributed by atoms with Gasteiger partial charge in [-0.3, -0.25) is 9.59 Å². The van der Waals surface area contributed by atoms with Gasteiger partial charge in [0.15, 0.2) is 4.80 Å². The monoisotopic (exact) mass is 435 g/mol. The molecule has 2 amide bonds. The lowest BCUT2D eigenvalue weighted by atomic mass is 10.0. The average Bonchev–Trinajstić information content (AvgIpc) is 3.02. The third-order valence-electron chi connectivity index (χ3n) is 5.04. The largest absolute Gasteiger partial charge is 0.383 e. The van der Waals surface area contributed by atoms with Crippen molar-refractivity contribution in [3.63, 3.8) is 0 Å². The van der Waals surface area contributed by atoms with Crippen molar-refractivity contribution in [3.8, 4) is 0 Å². The van der Waals surface area contributed by atoms with E-state index in [2.05, 4.69) is 37.0 Å². The Morgan fingerprint density at radius 2 is 2.17 bits per heavy atom. The zero-order chi connectivity index (χ0) is 20.8. The van der Waals surface area contributed by atoms with Gasteiger partial charge in [0, 0.05) is 26.7 Å². The first kappa shape index (κ1) is 22.1. The van der Waals surface area contributed by atoms with Crippen LogP contribution in [0.4, 0.5) is 0 Å². The SMILES string of the molecule is COCCn1c(=NC(=O)CSCC(=O)N2CCCC(C)C2)sc2cc(C)ccc21. The molecule has 0 bridgehead atoms. The van der Waals surface area contributed by atoms with Gasteiger partial charge in [-0.1, -0.05) is 24.3 Å². The molecule has 1 saturated heterocycles. The van der Waals surface area contributed by atoms with Crippen LogP contribution in [0.2, 0.25) is 0 Å². The van der Waals surface area contributed by atoms with Crippen LogP contribution in [0.5, 0.6) is 0 Å². The predicted octanol–water partition coefficient (Wildman–Crippen LogP) is 3.08. The van der Waals surface area contributed by atoms with Crippen LogP contribution in [0.25, 0.3) is 10.2 Å². The number of likely N-dealkylation sites (tertiary alicyclic amines) is 1. The van der Waals surface area contributed by atoms with E-state index in [1.54, 1.807) is 7.11 Å². The molecule has 0 saturated carbocycles. The van der Waals surface area contributed by atoms with Gasteiger partial charge in [0.2, 0.25) is 5.91 Å². The molecule has 1 aliphatic heterocycles. The number of thioether (sulfide) groups is 1. The molecular formula is C21H29N3O3S2. The highest BCUT2D eigenvalue weighted by molar-refractivity contribution is 8.00. The van der Waals surface area contributed by atoms with Crippen molar-refractivity contribution in [2.45, 2.75) is 33.2 Å². The maximum Gasteiger partial charge on any atom is 0.258 e. The number of carbonyl (C=O) groups is 2. The summed E-state index contributed by atoms with van der Waals surface area (Å²) in [5.41, 5.74) is 2.24. The number of thiazole rings is 1. The highest BCUT2D eigenvalue weighted by Gasteiger charge is 2.20. The van der Waals surface area contributed by atoms with Gasteiger partial charge in [-0.05, 0) is 43.4 Å². The first-order valence-electron chi connectivity index (χ1n) is 10.00. The zero-order valence-corrected chi connectivity index (χ0v) is 19.0. The summed E-state index contributed by atoms with van der Waals surface area (Å²) in [7, 11) is 1.66. The Labute approximate surface area is 180 Å². The van der Waals surface area contributed by atoms with Gasteiger partial charge in [-0.25, -0.2) is 0 Å². The van der Waals surface area contributed by atoms with Crippen LogP contribution >= 0.6 is 23.1 Å². The van der Waals surface area contributed by atoms with E-state index in [9.17, 15) is 9.59 Å². The van der Waals surface area contributed by atoms with Crippen molar-refractivity contribution in [2.24, 2.45) is 10.9 Å². The maximum absolute atomic E-state index is 12.4. The number of amides is 2. The summed E-state index contributed by atoms with van der Waals surface area (Å²) in [6.45, 7) is 7.10. The summed E-state index contributed by atoms with van der Waals surface area (Å²) in [6, 6.07) is 6.24. The number of piperidine rings is 1. The Morgan fingerprint density at radius 3 is 2.93 bits per heavy atom. The van der Waals surface area contributed by atoms with Crippen molar-refractivity contribution in [1.29, 1.82) is 0 Å². The summed E-state index contributed by atoms with van der Waals surface area (Å²) >= 11 is 2.87. The van der Waals surface area contributed by atoms with Crippen molar-refractivity contribution in [3.05, 3.63) is 28.6 Å². The zero-order valence-electron chi connectivity index (χ0n) is 17.3. The molecule has 1 atom stereocenters. The van der Waals surface area contributed by atoms with E-state index in [0.29, 0.717) is 29.6 Å². The summed E-state index contributed by atoms with van der Waals surface area (Å²) < 4.78 is 8.35. The summed E-state index contributed by atoms with van der Waals surface area (Å²) in [5, 5.41) is 0. The van der Waals surface area contributed by atoms with Crippen molar-refractivity contribution >= 4 is 45.1 Å². The Morgan fingerprint density at radius 1 is 1.34 bits per heavy atom. The molecule has 1 aromatic carbocycles. The number of nitrogens with zero attached hydrogens (tertiary/aromatic N) is 3. The molecule has 158 valence electrons. The first-order valence-corrected chi connectivity index (χ1v) is 12.0. The molecule has 3 rings (SSSR count). The Balaban J connectivity index is 1.65. The van der Waals surface area contributed by atoms with E-state index >= 15 is 0 Å². The number of hydrogen-bond donors (Lipinski definition) is 0. The standard InChI is InChI=1S/C21H29N3O3S2/c1-15-6-7-17-18(11-15)29-21(24(17)9-10-27-3)22-19(25)13-28-14-20(26)23-8-4-5-16(2)12-23/h6-7,11,16H,4-5,8-10,12-14H2,1-3H3. The number of aromatic nitrogens is 1. The lowest BCUT2D eigenvalue weighted by Gasteiger charge is -2.30. The van der Waals surface area contributed by atoms with Crippen LogP contribution in [-0.2, 0) is 20.9 Å². The number of ether oxygens (including phenoxy) is 1. The molecule has 6 nitrogen and oxygen atoms in total. The summed E-state index contributed by atoms with van der Waals surface area (Å²) in [4.78, 5) is 31.7. The fourth-order valence-corrected chi connectivity index (χ4v) is 5.41. The topological polar surface area (TPSA) is 63.9 Å². The second kappa shape index (κ2) is 10.4. The second-order valence-electron chi connectivity index (χ2n) is 7.59. The van der Waals surface area contributed by atoms with Gasteiger partial charge in [0.1, 0.15) is 0 Å². The predicted molar refractivity (Wildman–Crippen MR) is 119 cm³/mol. The third-order valence-corrected chi connectivity index (χ3v) is 6.98. The molecule has 29 heavy (non-hydrogen) atoms. The quantitative estimate of drug-likeness (QED) is 0.671. The molecule has 1 fully saturated rings.